The van der Waals surface area contributed by atoms with Crippen LogP contribution in [-0.4, -0.2) is 17.1 Å². The predicted octanol–water partition coefficient (Wildman–Crippen LogP) is 2.89. The topological polar surface area (TPSA) is 49.3 Å². The number of carboxylic acids is 1. The third kappa shape index (κ3) is 2.47. The van der Waals surface area contributed by atoms with Gasteiger partial charge in [-0.25, -0.2) is 0 Å². The van der Waals surface area contributed by atoms with E-state index >= 15 is 0 Å². The van der Waals surface area contributed by atoms with Crippen LogP contribution >= 0.6 is 0 Å². The molecule has 0 amide bonds. The second-order valence-electron chi connectivity index (χ2n) is 6.60. The van der Waals surface area contributed by atoms with Crippen molar-refractivity contribution in [2.75, 3.05) is 0 Å². The van der Waals surface area contributed by atoms with Crippen LogP contribution in [0.4, 0.5) is 0 Å². The Labute approximate surface area is 120 Å². The molecule has 0 spiro atoms. The second-order valence-corrected chi connectivity index (χ2v) is 6.60. The van der Waals surface area contributed by atoms with Crippen LogP contribution in [0, 0.1) is 31.6 Å². The minimum Gasteiger partial charge on any atom is -0.481 e. The van der Waals surface area contributed by atoms with Crippen molar-refractivity contribution < 1.29 is 9.90 Å². The molecule has 3 heteroatoms. The molecule has 1 aromatic rings. The standard InChI is InChI=1S/C17H23NO2/c1-10-5-11(2)7-12(6-10)9-18-16-14-4-3-13(8-14)15(16)17(19)20/h5-7,13-16,18H,3-4,8-9H2,1-2H3,(H,19,20). The van der Waals surface area contributed by atoms with Crippen LogP contribution in [0.1, 0.15) is 36.0 Å². The average molecular weight is 273 g/mol. The molecule has 0 saturated heterocycles. The highest BCUT2D eigenvalue weighted by molar-refractivity contribution is 5.72. The molecule has 2 N–H and O–H groups in total. The molecule has 0 aliphatic heterocycles. The molecule has 2 aliphatic rings. The van der Waals surface area contributed by atoms with Gasteiger partial charge >= 0.3 is 5.97 Å². The monoisotopic (exact) mass is 273 g/mol. The van der Waals surface area contributed by atoms with Crippen LogP contribution in [0.2, 0.25) is 0 Å². The van der Waals surface area contributed by atoms with Crippen molar-refractivity contribution in [1.29, 1.82) is 0 Å². The van der Waals surface area contributed by atoms with E-state index in [9.17, 15) is 9.90 Å². The molecule has 0 radical (unpaired) electrons. The third-order valence-corrected chi connectivity index (χ3v) is 5.02. The summed E-state index contributed by atoms with van der Waals surface area (Å²) in [6.45, 7) is 4.99. The maximum atomic E-state index is 11.5. The lowest BCUT2D eigenvalue weighted by atomic mass is 9.84. The Morgan fingerprint density at radius 2 is 1.85 bits per heavy atom. The van der Waals surface area contributed by atoms with E-state index in [-0.39, 0.29) is 12.0 Å². The van der Waals surface area contributed by atoms with Gasteiger partial charge in [0.15, 0.2) is 0 Å². The van der Waals surface area contributed by atoms with Gasteiger partial charge in [-0.15, -0.1) is 0 Å². The fourth-order valence-electron chi connectivity index (χ4n) is 4.35. The zero-order chi connectivity index (χ0) is 14.3. The lowest BCUT2D eigenvalue weighted by Gasteiger charge is -2.29. The van der Waals surface area contributed by atoms with Crippen LogP contribution < -0.4 is 5.32 Å². The first-order valence-corrected chi connectivity index (χ1v) is 7.58. The van der Waals surface area contributed by atoms with Gasteiger partial charge in [0.2, 0.25) is 0 Å². The fourth-order valence-corrected chi connectivity index (χ4v) is 4.35. The van der Waals surface area contributed by atoms with Gasteiger partial charge in [-0.05, 0) is 50.5 Å². The first kappa shape index (κ1) is 13.6. The summed E-state index contributed by atoms with van der Waals surface area (Å²) in [5.41, 5.74) is 3.79. The van der Waals surface area contributed by atoms with E-state index in [1.54, 1.807) is 0 Å². The molecule has 4 unspecified atom stereocenters. The van der Waals surface area contributed by atoms with Gasteiger partial charge in [0.1, 0.15) is 0 Å². The van der Waals surface area contributed by atoms with E-state index in [0.717, 1.165) is 19.4 Å². The molecule has 0 aromatic heterocycles. The highest BCUT2D eigenvalue weighted by Crippen LogP contribution is 2.48. The number of rotatable bonds is 4. The van der Waals surface area contributed by atoms with E-state index in [1.165, 1.54) is 23.1 Å². The van der Waals surface area contributed by atoms with Crippen LogP contribution in [-0.2, 0) is 11.3 Å². The highest BCUT2D eigenvalue weighted by Gasteiger charge is 2.50. The number of carbonyl (C=O) groups is 1. The molecule has 2 aliphatic carbocycles. The molecule has 2 bridgehead atoms. The Bertz CT molecular complexity index is 505. The average Bonchev–Trinajstić information content (AvgIpc) is 2.95. The number of nitrogens with one attached hydrogen (secondary N) is 1. The molecule has 108 valence electrons. The van der Waals surface area contributed by atoms with Gasteiger partial charge in [0, 0.05) is 12.6 Å². The van der Waals surface area contributed by atoms with Crippen LogP contribution in [0.5, 0.6) is 0 Å². The van der Waals surface area contributed by atoms with E-state index in [1.807, 2.05) is 0 Å². The van der Waals surface area contributed by atoms with Crippen LogP contribution in [0.25, 0.3) is 0 Å². The number of benzene rings is 1. The summed E-state index contributed by atoms with van der Waals surface area (Å²) in [6, 6.07) is 6.69. The van der Waals surface area contributed by atoms with Gasteiger partial charge in [-0.3, -0.25) is 4.79 Å². The Balaban J connectivity index is 1.69. The molecular formula is C17H23NO2. The molecule has 3 rings (SSSR count). The first-order chi connectivity index (χ1) is 9.54. The first-order valence-electron chi connectivity index (χ1n) is 7.58. The Morgan fingerprint density at radius 1 is 1.20 bits per heavy atom. The van der Waals surface area contributed by atoms with Crippen molar-refractivity contribution in [3.8, 4) is 0 Å². The van der Waals surface area contributed by atoms with Crippen molar-refractivity contribution >= 4 is 5.97 Å². The van der Waals surface area contributed by atoms with Crippen molar-refractivity contribution in [2.24, 2.45) is 17.8 Å². The molecule has 2 saturated carbocycles. The number of hydrogen-bond acceptors (Lipinski definition) is 2. The van der Waals surface area contributed by atoms with Gasteiger partial charge in [0.05, 0.1) is 5.92 Å². The van der Waals surface area contributed by atoms with Crippen molar-refractivity contribution in [3.63, 3.8) is 0 Å². The predicted molar refractivity (Wildman–Crippen MR) is 78.5 cm³/mol. The summed E-state index contributed by atoms with van der Waals surface area (Å²) in [5.74, 6) is 0.163. The van der Waals surface area contributed by atoms with Gasteiger partial charge in [0.25, 0.3) is 0 Å². The van der Waals surface area contributed by atoms with E-state index in [4.69, 9.17) is 0 Å². The summed E-state index contributed by atoms with van der Waals surface area (Å²) >= 11 is 0. The minimum atomic E-state index is -0.616. The largest absolute Gasteiger partial charge is 0.481 e. The quantitative estimate of drug-likeness (QED) is 0.887. The summed E-state index contributed by atoms with van der Waals surface area (Å²) in [7, 11) is 0. The van der Waals surface area contributed by atoms with Gasteiger partial charge in [-0.1, -0.05) is 29.3 Å². The lowest BCUT2D eigenvalue weighted by molar-refractivity contribution is -0.144. The number of aryl methyl sites for hydroxylation is 2. The van der Waals surface area contributed by atoms with Crippen molar-refractivity contribution in [1.82, 2.24) is 5.32 Å². The summed E-state index contributed by atoms with van der Waals surface area (Å²) in [6.07, 6.45) is 3.39. The van der Waals surface area contributed by atoms with Crippen molar-refractivity contribution in [3.05, 3.63) is 34.9 Å². The summed E-state index contributed by atoms with van der Waals surface area (Å²) in [4.78, 5) is 11.5. The van der Waals surface area contributed by atoms with E-state index in [0.29, 0.717) is 11.8 Å². The van der Waals surface area contributed by atoms with Crippen molar-refractivity contribution in [2.45, 2.75) is 45.7 Å². The van der Waals surface area contributed by atoms with E-state index in [2.05, 4.69) is 37.4 Å². The Kier molecular flexibility index (Phi) is 3.55. The lowest BCUT2D eigenvalue weighted by Crippen LogP contribution is -2.43. The SMILES string of the molecule is Cc1cc(C)cc(CNC2C3CCC(C3)C2C(=O)O)c1. The second kappa shape index (κ2) is 5.21. The summed E-state index contributed by atoms with van der Waals surface area (Å²) < 4.78 is 0. The zero-order valence-electron chi connectivity index (χ0n) is 12.2. The number of hydrogen-bond donors (Lipinski definition) is 2. The minimum absolute atomic E-state index is 0.159. The number of aliphatic carboxylic acids is 1. The van der Waals surface area contributed by atoms with Crippen LogP contribution in [0.3, 0.4) is 0 Å². The number of fused-ring (bicyclic) bond motifs is 2. The maximum absolute atomic E-state index is 11.5. The van der Waals surface area contributed by atoms with Gasteiger partial charge < -0.3 is 10.4 Å². The summed E-state index contributed by atoms with van der Waals surface area (Å²) in [5, 5.41) is 13.0. The van der Waals surface area contributed by atoms with E-state index < -0.39 is 5.97 Å². The molecule has 2 fully saturated rings. The fraction of sp³-hybridized carbons (Fsp3) is 0.588. The maximum Gasteiger partial charge on any atom is 0.308 e. The third-order valence-electron chi connectivity index (χ3n) is 5.02. The Morgan fingerprint density at radius 3 is 2.50 bits per heavy atom. The highest BCUT2D eigenvalue weighted by atomic mass is 16.4. The molecule has 3 nitrogen and oxygen atoms in total. The number of carboxylic acid groups (broad SMARTS) is 1. The normalized spacial score (nSPS) is 31.7. The smallest absolute Gasteiger partial charge is 0.308 e. The molecule has 4 atom stereocenters. The molecule has 1 aromatic carbocycles. The molecule has 20 heavy (non-hydrogen) atoms. The molecular weight excluding hydrogens is 250 g/mol. The van der Waals surface area contributed by atoms with Crippen LogP contribution in [0.15, 0.2) is 18.2 Å². The Hall–Kier alpha value is -1.35. The van der Waals surface area contributed by atoms with Gasteiger partial charge in [-0.2, -0.15) is 0 Å². The molecule has 0 heterocycles. The zero-order valence-corrected chi connectivity index (χ0v) is 12.2.